The van der Waals surface area contributed by atoms with E-state index in [9.17, 15) is 18.4 Å². The van der Waals surface area contributed by atoms with Gasteiger partial charge in [0.2, 0.25) is 0 Å². The van der Waals surface area contributed by atoms with Crippen molar-refractivity contribution in [3.05, 3.63) is 58.6 Å². The van der Waals surface area contributed by atoms with Gasteiger partial charge in [0.25, 0.3) is 5.91 Å². The van der Waals surface area contributed by atoms with Crippen molar-refractivity contribution in [3.63, 3.8) is 0 Å². The summed E-state index contributed by atoms with van der Waals surface area (Å²) in [7, 11) is 0. The van der Waals surface area contributed by atoms with Gasteiger partial charge in [-0.3, -0.25) is 4.79 Å². The van der Waals surface area contributed by atoms with E-state index in [2.05, 4.69) is 5.32 Å². The van der Waals surface area contributed by atoms with Crippen LogP contribution in [0.4, 0.5) is 14.5 Å². The third-order valence-electron chi connectivity index (χ3n) is 2.93. The summed E-state index contributed by atoms with van der Waals surface area (Å²) in [5, 5.41) is 2.38. The normalized spacial score (nSPS) is 10.3. The Kier molecular flexibility index (Phi) is 6.16. The van der Waals surface area contributed by atoms with Crippen LogP contribution < -0.4 is 5.32 Å². The average molecular weight is 372 g/mol. The van der Waals surface area contributed by atoms with Crippen LogP contribution in [0.15, 0.2) is 41.3 Å². The molecule has 24 heavy (non-hydrogen) atoms. The van der Waals surface area contributed by atoms with Gasteiger partial charge in [0.05, 0.1) is 16.3 Å². The largest absolute Gasteiger partial charge is 0.452 e. The smallest absolute Gasteiger partial charge is 0.340 e. The molecular weight excluding hydrogens is 360 g/mol. The van der Waals surface area contributed by atoms with Crippen molar-refractivity contribution in [3.8, 4) is 0 Å². The van der Waals surface area contributed by atoms with Crippen LogP contribution in [0.25, 0.3) is 0 Å². The summed E-state index contributed by atoms with van der Waals surface area (Å²) in [4.78, 5) is 24.5. The highest BCUT2D eigenvalue weighted by molar-refractivity contribution is 7.98. The lowest BCUT2D eigenvalue weighted by Gasteiger charge is -2.09. The van der Waals surface area contributed by atoms with Gasteiger partial charge in [0.1, 0.15) is 11.6 Å². The molecule has 0 aliphatic rings. The number of benzene rings is 2. The Balaban J connectivity index is 1.97. The summed E-state index contributed by atoms with van der Waals surface area (Å²) in [6.45, 7) is -0.629. The molecule has 0 radical (unpaired) electrons. The van der Waals surface area contributed by atoms with E-state index < -0.39 is 30.1 Å². The van der Waals surface area contributed by atoms with E-state index in [1.54, 1.807) is 18.2 Å². The topological polar surface area (TPSA) is 55.4 Å². The van der Waals surface area contributed by atoms with Gasteiger partial charge in [0, 0.05) is 11.0 Å². The van der Waals surface area contributed by atoms with Crippen molar-refractivity contribution >= 4 is 40.9 Å². The molecule has 0 saturated heterocycles. The van der Waals surface area contributed by atoms with Gasteiger partial charge < -0.3 is 10.1 Å². The zero-order valence-corrected chi connectivity index (χ0v) is 14.0. The first-order valence-corrected chi connectivity index (χ1v) is 8.26. The molecule has 2 rings (SSSR count). The summed E-state index contributed by atoms with van der Waals surface area (Å²) in [5.41, 5.74) is -0.0795. The number of ether oxygens (including phenoxy) is 1. The van der Waals surface area contributed by atoms with E-state index in [-0.39, 0.29) is 16.3 Å². The SMILES string of the molecule is CSc1ccc(Cl)c(C(=O)OCC(=O)Nc2ccc(F)cc2F)c1. The van der Waals surface area contributed by atoms with Crippen molar-refractivity contribution in [1.29, 1.82) is 0 Å². The van der Waals surface area contributed by atoms with Gasteiger partial charge >= 0.3 is 5.97 Å². The number of hydrogen-bond donors (Lipinski definition) is 1. The number of halogens is 3. The second-order valence-corrected chi connectivity index (χ2v) is 5.88. The third-order valence-corrected chi connectivity index (χ3v) is 3.99. The van der Waals surface area contributed by atoms with Crippen LogP contribution in [0, 0.1) is 11.6 Å². The fraction of sp³-hybridized carbons (Fsp3) is 0.125. The predicted octanol–water partition coefficient (Wildman–Crippen LogP) is 4.14. The molecule has 2 aromatic carbocycles. The quantitative estimate of drug-likeness (QED) is 0.634. The van der Waals surface area contributed by atoms with Crippen LogP contribution in [-0.4, -0.2) is 24.7 Å². The molecule has 1 amide bonds. The molecule has 0 aliphatic heterocycles. The first-order chi connectivity index (χ1) is 11.4. The molecule has 1 N–H and O–H groups in total. The predicted molar refractivity (Wildman–Crippen MR) is 88.5 cm³/mol. The Hall–Kier alpha value is -2.12. The lowest BCUT2D eigenvalue weighted by molar-refractivity contribution is -0.119. The number of esters is 1. The van der Waals surface area contributed by atoms with Crippen LogP contribution >= 0.6 is 23.4 Å². The monoisotopic (exact) mass is 371 g/mol. The van der Waals surface area contributed by atoms with Crippen molar-refractivity contribution in [2.45, 2.75) is 4.90 Å². The van der Waals surface area contributed by atoms with Crippen LogP contribution in [-0.2, 0) is 9.53 Å². The molecule has 0 saturated carbocycles. The molecule has 2 aromatic rings. The second kappa shape index (κ2) is 8.12. The molecule has 126 valence electrons. The molecule has 0 aromatic heterocycles. The highest BCUT2D eigenvalue weighted by Gasteiger charge is 2.15. The van der Waals surface area contributed by atoms with Gasteiger partial charge in [-0.25, -0.2) is 13.6 Å². The number of hydrogen-bond acceptors (Lipinski definition) is 4. The first-order valence-electron chi connectivity index (χ1n) is 6.66. The minimum absolute atomic E-state index is 0.129. The van der Waals surface area contributed by atoms with E-state index in [1.807, 2.05) is 6.26 Å². The number of thioether (sulfide) groups is 1. The summed E-state index contributed by atoms with van der Waals surface area (Å²) < 4.78 is 31.1. The zero-order valence-electron chi connectivity index (χ0n) is 12.4. The van der Waals surface area contributed by atoms with Gasteiger partial charge in [-0.2, -0.15) is 0 Å². The lowest BCUT2D eigenvalue weighted by Crippen LogP contribution is -2.21. The minimum Gasteiger partial charge on any atom is -0.452 e. The van der Waals surface area contributed by atoms with E-state index in [1.165, 1.54) is 11.8 Å². The molecule has 0 heterocycles. The van der Waals surface area contributed by atoms with E-state index in [4.69, 9.17) is 16.3 Å². The van der Waals surface area contributed by atoms with E-state index in [0.29, 0.717) is 6.07 Å². The Morgan fingerprint density at radius 2 is 1.96 bits per heavy atom. The van der Waals surface area contributed by atoms with Crippen molar-refractivity contribution in [1.82, 2.24) is 0 Å². The number of carbonyl (C=O) groups excluding carboxylic acids is 2. The molecule has 0 aliphatic carbocycles. The molecule has 0 atom stereocenters. The maximum Gasteiger partial charge on any atom is 0.340 e. The zero-order chi connectivity index (χ0) is 17.7. The van der Waals surface area contributed by atoms with Crippen molar-refractivity contribution in [2.24, 2.45) is 0 Å². The van der Waals surface area contributed by atoms with Gasteiger partial charge in [-0.15, -0.1) is 11.8 Å². The van der Waals surface area contributed by atoms with E-state index in [0.717, 1.165) is 17.0 Å². The number of nitrogens with one attached hydrogen (secondary N) is 1. The highest BCUT2D eigenvalue weighted by Crippen LogP contribution is 2.23. The van der Waals surface area contributed by atoms with Crippen LogP contribution in [0.3, 0.4) is 0 Å². The van der Waals surface area contributed by atoms with E-state index >= 15 is 0 Å². The van der Waals surface area contributed by atoms with Crippen molar-refractivity contribution < 1.29 is 23.1 Å². The summed E-state index contributed by atoms with van der Waals surface area (Å²) in [6, 6.07) is 7.55. The maximum atomic E-state index is 13.4. The second-order valence-electron chi connectivity index (χ2n) is 4.59. The molecule has 0 spiro atoms. The Morgan fingerprint density at radius 1 is 1.21 bits per heavy atom. The average Bonchev–Trinajstić information content (AvgIpc) is 2.55. The number of anilines is 1. The van der Waals surface area contributed by atoms with Crippen molar-refractivity contribution in [2.75, 3.05) is 18.2 Å². The fourth-order valence-corrected chi connectivity index (χ4v) is 2.41. The summed E-state index contributed by atoms with van der Waals surface area (Å²) >= 11 is 7.35. The highest BCUT2D eigenvalue weighted by atomic mass is 35.5. The minimum atomic E-state index is -0.926. The maximum absolute atomic E-state index is 13.4. The lowest BCUT2D eigenvalue weighted by atomic mass is 10.2. The molecule has 8 heteroatoms. The summed E-state index contributed by atoms with van der Waals surface area (Å²) in [6.07, 6.45) is 1.84. The molecule has 0 bridgehead atoms. The van der Waals surface area contributed by atoms with Gasteiger partial charge in [-0.05, 0) is 36.6 Å². The van der Waals surface area contributed by atoms with Gasteiger partial charge in [-0.1, -0.05) is 11.6 Å². The van der Waals surface area contributed by atoms with Crippen LogP contribution in [0.2, 0.25) is 5.02 Å². The molecule has 0 fully saturated rings. The first kappa shape index (κ1) is 18.2. The molecular formula is C16H12ClF2NO3S. The Labute approximate surface area is 146 Å². The number of amides is 1. The van der Waals surface area contributed by atoms with Crippen LogP contribution in [0.5, 0.6) is 0 Å². The fourth-order valence-electron chi connectivity index (χ4n) is 1.77. The van der Waals surface area contributed by atoms with Gasteiger partial charge in [0.15, 0.2) is 6.61 Å². The molecule has 0 unspecified atom stereocenters. The number of rotatable bonds is 5. The summed E-state index contributed by atoms with van der Waals surface area (Å²) in [5.74, 6) is -3.22. The third kappa shape index (κ3) is 4.69. The Morgan fingerprint density at radius 3 is 2.62 bits per heavy atom. The Bertz CT molecular complexity index is 786. The number of carbonyl (C=O) groups is 2. The van der Waals surface area contributed by atoms with Crippen LogP contribution in [0.1, 0.15) is 10.4 Å². The standard InChI is InChI=1S/C16H12ClF2NO3S/c1-24-10-3-4-12(17)11(7-10)16(22)23-8-15(21)20-14-5-2-9(18)6-13(14)19/h2-7H,8H2,1H3,(H,20,21). The molecule has 4 nitrogen and oxygen atoms in total.